The molecule has 1 aromatic rings. The monoisotopic (exact) mass is 234 g/mol. The molecule has 0 aromatic heterocycles. The summed E-state index contributed by atoms with van der Waals surface area (Å²) in [5, 5.41) is 11.7. The Balaban J connectivity index is 2.29. The number of carbonyl (C=O) groups excluding carboxylic acids is 1. The number of carboxylic acid groups (broad SMARTS) is 1. The van der Waals surface area contributed by atoms with Gasteiger partial charge in [-0.2, -0.15) is 0 Å². The fraction of sp³-hybridized carbons (Fsp3) is 0.333. The normalized spacial score (nSPS) is 16.4. The number of nitrogens with one attached hydrogen (secondary N) is 1. The Morgan fingerprint density at radius 2 is 2.06 bits per heavy atom. The van der Waals surface area contributed by atoms with Crippen molar-refractivity contribution in [2.24, 2.45) is 5.73 Å². The largest absolute Gasteiger partial charge is 0.478 e. The summed E-state index contributed by atoms with van der Waals surface area (Å²) in [7, 11) is 0. The van der Waals surface area contributed by atoms with Gasteiger partial charge in [0.1, 0.15) is 0 Å². The summed E-state index contributed by atoms with van der Waals surface area (Å²) < 4.78 is 0. The molecule has 5 nitrogen and oxygen atoms in total. The van der Waals surface area contributed by atoms with Crippen LogP contribution in [-0.4, -0.2) is 22.5 Å². The topological polar surface area (TPSA) is 92.4 Å². The molecular weight excluding hydrogens is 220 g/mol. The van der Waals surface area contributed by atoms with Crippen molar-refractivity contribution in [3.8, 4) is 0 Å². The van der Waals surface area contributed by atoms with Crippen LogP contribution < -0.4 is 11.1 Å². The minimum atomic E-state index is -1.06. The van der Waals surface area contributed by atoms with E-state index in [1.165, 1.54) is 0 Å². The second-order valence-corrected chi connectivity index (χ2v) is 4.41. The molecule has 17 heavy (non-hydrogen) atoms. The van der Waals surface area contributed by atoms with Crippen molar-refractivity contribution in [3.63, 3.8) is 0 Å². The second-order valence-electron chi connectivity index (χ2n) is 4.41. The standard InChI is InChI=1S/C12H14N2O3/c1-7-3-2-4-8(9(7)10(15)16)14-11(17)12(13)5-6-12/h2-4H,5-6,13H2,1H3,(H,14,17)(H,15,16). The van der Waals surface area contributed by atoms with E-state index in [9.17, 15) is 9.59 Å². The number of carbonyl (C=O) groups is 2. The molecular formula is C12H14N2O3. The van der Waals surface area contributed by atoms with Crippen LogP contribution in [0.3, 0.4) is 0 Å². The summed E-state index contributed by atoms with van der Waals surface area (Å²) >= 11 is 0. The number of aromatic carboxylic acids is 1. The number of rotatable bonds is 3. The van der Waals surface area contributed by atoms with Gasteiger partial charge in [-0.25, -0.2) is 4.79 Å². The van der Waals surface area contributed by atoms with Crippen LogP contribution in [0.4, 0.5) is 5.69 Å². The summed E-state index contributed by atoms with van der Waals surface area (Å²) in [4.78, 5) is 22.9. The molecule has 90 valence electrons. The highest BCUT2D eigenvalue weighted by Gasteiger charge is 2.46. The fourth-order valence-corrected chi connectivity index (χ4v) is 1.66. The summed E-state index contributed by atoms with van der Waals surface area (Å²) in [6.07, 6.45) is 1.29. The molecule has 0 bridgehead atoms. The molecule has 0 aliphatic heterocycles. The number of amides is 1. The molecule has 1 amide bonds. The minimum absolute atomic E-state index is 0.116. The van der Waals surface area contributed by atoms with Crippen LogP contribution in [-0.2, 0) is 4.79 Å². The van der Waals surface area contributed by atoms with Gasteiger partial charge >= 0.3 is 5.97 Å². The van der Waals surface area contributed by atoms with Gasteiger partial charge in [0.25, 0.3) is 0 Å². The third-order valence-electron chi connectivity index (χ3n) is 2.98. The van der Waals surface area contributed by atoms with Gasteiger partial charge in [-0.15, -0.1) is 0 Å². The van der Waals surface area contributed by atoms with Crippen LogP contribution in [0.5, 0.6) is 0 Å². The van der Waals surface area contributed by atoms with E-state index in [-0.39, 0.29) is 11.5 Å². The summed E-state index contributed by atoms with van der Waals surface area (Å²) in [5.41, 5.74) is 5.97. The predicted molar refractivity (Wildman–Crippen MR) is 62.9 cm³/mol. The molecule has 0 heterocycles. The SMILES string of the molecule is Cc1cccc(NC(=O)C2(N)CC2)c1C(=O)O. The molecule has 0 saturated heterocycles. The van der Waals surface area contributed by atoms with Gasteiger partial charge in [-0.1, -0.05) is 12.1 Å². The molecule has 0 atom stereocenters. The maximum atomic E-state index is 11.8. The van der Waals surface area contributed by atoms with Gasteiger partial charge < -0.3 is 16.2 Å². The van der Waals surface area contributed by atoms with E-state index in [4.69, 9.17) is 10.8 Å². The predicted octanol–water partition coefficient (Wildman–Crippen LogP) is 1.12. The summed E-state index contributed by atoms with van der Waals surface area (Å²) in [5.74, 6) is -1.37. The molecule has 1 aromatic carbocycles. The van der Waals surface area contributed by atoms with Gasteiger partial charge in [-0.05, 0) is 31.4 Å². The molecule has 4 N–H and O–H groups in total. The first kappa shape index (κ1) is 11.6. The lowest BCUT2D eigenvalue weighted by Crippen LogP contribution is -2.38. The van der Waals surface area contributed by atoms with Gasteiger partial charge in [0.2, 0.25) is 5.91 Å². The zero-order valence-electron chi connectivity index (χ0n) is 9.49. The molecule has 5 heteroatoms. The Labute approximate surface area is 98.6 Å². The minimum Gasteiger partial charge on any atom is -0.478 e. The lowest BCUT2D eigenvalue weighted by Gasteiger charge is -2.13. The van der Waals surface area contributed by atoms with E-state index in [0.717, 1.165) is 0 Å². The molecule has 1 fully saturated rings. The quantitative estimate of drug-likeness (QED) is 0.730. The average Bonchev–Trinajstić information content (AvgIpc) is 2.97. The van der Waals surface area contributed by atoms with Crippen LogP contribution in [0, 0.1) is 6.92 Å². The van der Waals surface area contributed by atoms with Crippen LogP contribution in [0.25, 0.3) is 0 Å². The highest BCUT2D eigenvalue weighted by Crippen LogP contribution is 2.33. The number of aryl methyl sites for hydroxylation is 1. The number of hydrogen-bond acceptors (Lipinski definition) is 3. The number of nitrogens with two attached hydrogens (primary N) is 1. The van der Waals surface area contributed by atoms with Crippen molar-refractivity contribution in [1.82, 2.24) is 0 Å². The molecule has 0 unspecified atom stereocenters. The fourth-order valence-electron chi connectivity index (χ4n) is 1.66. The smallest absolute Gasteiger partial charge is 0.338 e. The highest BCUT2D eigenvalue weighted by atomic mass is 16.4. The molecule has 1 saturated carbocycles. The van der Waals surface area contributed by atoms with Crippen molar-refractivity contribution in [2.75, 3.05) is 5.32 Å². The highest BCUT2D eigenvalue weighted by molar-refractivity contribution is 6.05. The Morgan fingerprint density at radius 3 is 2.59 bits per heavy atom. The zero-order chi connectivity index (χ0) is 12.6. The van der Waals surface area contributed by atoms with Crippen LogP contribution >= 0.6 is 0 Å². The molecule has 1 aliphatic rings. The molecule has 1 aliphatic carbocycles. The second kappa shape index (κ2) is 3.85. The van der Waals surface area contributed by atoms with E-state index in [2.05, 4.69) is 5.32 Å². The first-order valence-corrected chi connectivity index (χ1v) is 5.37. The molecule has 2 rings (SSSR count). The first-order chi connectivity index (χ1) is 7.94. The molecule has 0 radical (unpaired) electrons. The number of anilines is 1. The third kappa shape index (κ3) is 2.14. The van der Waals surface area contributed by atoms with Crippen molar-refractivity contribution >= 4 is 17.6 Å². The van der Waals surface area contributed by atoms with E-state index in [1.807, 2.05) is 0 Å². The summed E-state index contributed by atoms with van der Waals surface area (Å²) in [6.45, 7) is 1.69. The van der Waals surface area contributed by atoms with Crippen LogP contribution in [0.1, 0.15) is 28.8 Å². The maximum Gasteiger partial charge on any atom is 0.338 e. The number of benzene rings is 1. The van der Waals surface area contributed by atoms with Gasteiger partial charge in [0.05, 0.1) is 16.8 Å². The molecule has 0 spiro atoms. The van der Waals surface area contributed by atoms with E-state index < -0.39 is 11.5 Å². The Bertz CT molecular complexity index is 493. The Kier molecular flexibility index (Phi) is 2.63. The van der Waals surface area contributed by atoms with Crippen molar-refractivity contribution in [1.29, 1.82) is 0 Å². The van der Waals surface area contributed by atoms with Crippen molar-refractivity contribution < 1.29 is 14.7 Å². The van der Waals surface area contributed by atoms with Crippen molar-refractivity contribution in [2.45, 2.75) is 25.3 Å². The average molecular weight is 234 g/mol. The van der Waals surface area contributed by atoms with Crippen molar-refractivity contribution in [3.05, 3.63) is 29.3 Å². The lowest BCUT2D eigenvalue weighted by atomic mass is 10.1. The van der Waals surface area contributed by atoms with Crippen LogP contribution in [0.2, 0.25) is 0 Å². The first-order valence-electron chi connectivity index (χ1n) is 5.37. The third-order valence-corrected chi connectivity index (χ3v) is 2.98. The zero-order valence-corrected chi connectivity index (χ0v) is 9.49. The lowest BCUT2D eigenvalue weighted by molar-refractivity contribution is -0.118. The van der Waals surface area contributed by atoms with E-state index in [0.29, 0.717) is 24.1 Å². The van der Waals surface area contributed by atoms with Gasteiger partial charge in [-0.3, -0.25) is 4.79 Å². The summed E-state index contributed by atoms with van der Waals surface area (Å²) in [6, 6.07) is 4.96. The number of hydrogen-bond donors (Lipinski definition) is 3. The van der Waals surface area contributed by atoms with Gasteiger partial charge in [0.15, 0.2) is 0 Å². The Hall–Kier alpha value is -1.88. The Morgan fingerprint density at radius 1 is 1.41 bits per heavy atom. The van der Waals surface area contributed by atoms with E-state index >= 15 is 0 Å². The van der Waals surface area contributed by atoms with Crippen LogP contribution in [0.15, 0.2) is 18.2 Å². The maximum absolute atomic E-state index is 11.8. The van der Waals surface area contributed by atoms with Gasteiger partial charge in [0, 0.05) is 0 Å². The number of carboxylic acids is 1. The van der Waals surface area contributed by atoms with E-state index in [1.54, 1.807) is 25.1 Å².